The van der Waals surface area contributed by atoms with Crippen LogP contribution in [-0.2, 0) is 21.2 Å². The van der Waals surface area contributed by atoms with Crippen LogP contribution in [0.4, 0.5) is 5.69 Å². The van der Waals surface area contributed by atoms with Crippen LogP contribution in [0.2, 0.25) is 0 Å². The SMILES string of the molecule is CN1CCCCC/C1=N\S(=O)(=O)c1cccc(NC(=O)COc2ccc(CC#N)cc2)c1. The zero-order valence-electron chi connectivity index (χ0n) is 18.0. The van der Waals surface area contributed by atoms with E-state index in [4.69, 9.17) is 10.00 Å². The van der Waals surface area contributed by atoms with Gasteiger partial charge < -0.3 is 15.0 Å². The van der Waals surface area contributed by atoms with Crippen LogP contribution in [0, 0.1) is 11.3 Å². The summed E-state index contributed by atoms with van der Waals surface area (Å²) in [5.74, 6) is 0.642. The third-order valence-corrected chi connectivity index (χ3v) is 6.35. The van der Waals surface area contributed by atoms with Crippen molar-refractivity contribution >= 4 is 27.5 Å². The summed E-state index contributed by atoms with van der Waals surface area (Å²) in [5, 5.41) is 11.3. The molecule has 1 aliphatic rings. The second kappa shape index (κ2) is 10.8. The minimum Gasteiger partial charge on any atom is -0.484 e. The van der Waals surface area contributed by atoms with Crippen LogP contribution in [0.15, 0.2) is 57.8 Å². The Morgan fingerprint density at radius 1 is 1.19 bits per heavy atom. The second-order valence-electron chi connectivity index (χ2n) is 7.56. The molecule has 2 aromatic carbocycles. The molecule has 3 rings (SSSR count). The van der Waals surface area contributed by atoms with Gasteiger partial charge in [-0.2, -0.15) is 13.7 Å². The Morgan fingerprint density at radius 3 is 2.72 bits per heavy atom. The van der Waals surface area contributed by atoms with E-state index < -0.39 is 15.9 Å². The molecule has 1 amide bonds. The van der Waals surface area contributed by atoms with E-state index in [1.165, 1.54) is 12.1 Å². The van der Waals surface area contributed by atoms with Gasteiger partial charge in [-0.3, -0.25) is 4.79 Å². The fraction of sp³-hybridized carbons (Fsp3) is 0.348. The largest absolute Gasteiger partial charge is 0.484 e. The Hall–Kier alpha value is -3.38. The number of sulfonamides is 1. The molecule has 1 heterocycles. The highest BCUT2D eigenvalue weighted by Gasteiger charge is 2.19. The molecule has 1 N–H and O–H groups in total. The number of amides is 1. The first-order valence-electron chi connectivity index (χ1n) is 10.4. The predicted octanol–water partition coefficient (Wildman–Crippen LogP) is 3.36. The summed E-state index contributed by atoms with van der Waals surface area (Å²) < 4.78 is 35.1. The lowest BCUT2D eigenvalue weighted by atomic mass is 10.2. The number of carbonyl (C=O) groups is 1. The lowest BCUT2D eigenvalue weighted by molar-refractivity contribution is -0.118. The van der Waals surface area contributed by atoms with Crippen LogP contribution in [-0.4, -0.2) is 45.3 Å². The number of carbonyl (C=O) groups excluding carboxylic acids is 1. The van der Waals surface area contributed by atoms with Crippen molar-refractivity contribution in [2.24, 2.45) is 4.40 Å². The number of nitrogens with zero attached hydrogens (tertiary/aromatic N) is 3. The van der Waals surface area contributed by atoms with Gasteiger partial charge in [-0.05, 0) is 48.7 Å². The van der Waals surface area contributed by atoms with Gasteiger partial charge in [0.2, 0.25) is 0 Å². The number of nitrogens with one attached hydrogen (secondary N) is 1. The number of likely N-dealkylation sites (tertiary alicyclic amines) is 1. The first kappa shape index (κ1) is 23.3. The average Bonchev–Trinajstić information content (AvgIpc) is 2.97. The van der Waals surface area contributed by atoms with Crippen LogP contribution >= 0.6 is 0 Å². The summed E-state index contributed by atoms with van der Waals surface area (Å²) in [6.45, 7) is 0.549. The molecule has 32 heavy (non-hydrogen) atoms. The van der Waals surface area contributed by atoms with Crippen molar-refractivity contribution in [1.82, 2.24) is 4.90 Å². The maximum Gasteiger partial charge on any atom is 0.284 e. The maximum absolute atomic E-state index is 12.8. The van der Waals surface area contributed by atoms with Gasteiger partial charge in [0.05, 0.1) is 17.4 Å². The van der Waals surface area contributed by atoms with Gasteiger partial charge >= 0.3 is 0 Å². The van der Waals surface area contributed by atoms with Gasteiger partial charge in [-0.25, -0.2) is 0 Å². The van der Waals surface area contributed by atoms with E-state index in [1.807, 2.05) is 11.9 Å². The lowest BCUT2D eigenvalue weighted by Crippen LogP contribution is -2.27. The lowest BCUT2D eigenvalue weighted by Gasteiger charge is -2.17. The van der Waals surface area contributed by atoms with Crippen LogP contribution in [0.25, 0.3) is 0 Å². The molecule has 0 spiro atoms. The molecule has 0 radical (unpaired) electrons. The highest BCUT2D eigenvalue weighted by molar-refractivity contribution is 7.90. The van der Waals surface area contributed by atoms with E-state index in [9.17, 15) is 13.2 Å². The average molecular weight is 455 g/mol. The topological polar surface area (TPSA) is 112 Å². The van der Waals surface area contributed by atoms with Crippen LogP contribution < -0.4 is 10.1 Å². The molecule has 0 unspecified atom stereocenters. The van der Waals surface area contributed by atoms with Crippen molar-refractivity contribution in [3.05, 3.63) is 54.1 Å². The van der Waals surface area contributed by atoms with Gasteiger partial charge in [0.25, 0.3) is 15.9 Å². The Morgan fingerprint density at radius 2 is 1.97 bits per heavy atom. The van der Waals surface area contributed by atoms with Crippen molar-refractivity contribution in [3.63, 3.8) is 0 Å². The molecule has 2 aromatic rings. The first-order chi connectivity index (χ1) is 15.4. The van der Waals surface area contributed by atoms with Crippen molar-refractivity contribution in [2.75, 3.05) is 25.5 Å². The number of amidine groups is 1. The molecule has 0 aromatic heterocycles. The second-order valence-corrected chi connectivity index (χ2v) is 9.16. The van der Waals surface area contributed by atoms with E-state index in [-0.39, 0.29) is 11.5 Å². The third-order valence-electron chi connectivity index (χ3n) is 5.05. The van der Waals surface area contributed by atoms with E-state index in [0.717, 1.165) is 31.4 Å². The molecule has 1 saturated heterocycles. The minimum atomic E-state index is -3.89. The number of hydrogen-bond acceptors (Lipinski definition) is 5. The third kappa shape index (κ3) is 6.56. The van der Waals surface area contributed by atoms with E-state index in [1.54, 1.807) is 36.4 Å². The van der Waals surface area contributed by atoms with E-state index in [0.29, 0.717) is 30.1 Å². The Bertz CT molecular complexity index is 1120. The predicted molar refractivity (Wildman–Crippen MR) is 122 cm³/mol. The molecular weight excluding hydrogens is 428 g/mol. The molecule has 0 bridgehead atoms. The van der Waals surface area contributed by atoms with Crippen LogP contribution in [0.3, 0.4) is 0 Å². The van der Waals surface area contributed by atoms with Gasteiger partial charge in [-0.1, -0.05) is 24.6 Å². The maximum atomic E-state index is 12.8. The number of anilines is 1. The Kier molecular flexibility index (Phi) is 7.84. The molecule has 1 aliphatic heterocycles. The molecule has 0 aliphatic carbocycles. The standard InChI is InChI=1S/C23H26N4O4S/c1-27-15-4-2-3-8-22(27)26-32(29,30)21-7-5-6-19(16-21)25-23(28)17-31-20-11-9-18(10-12-20)13-14-24/h5-7,9-12,16H,2-4,8,13,15,17H2,1H3,(H,25,28)/b26-22+. The number of hydrogen-bond donors (Lipinski definition) is 1. The van der Waals surface area contributed by atoms with E-state index >= 15 is 0 Å². The zero-order valence-corrected chi connectivity index (χ0v) is 18.8. The fourth-order valence-corrected chi connectivity index (χ4v) is 4.45. The number of benzene rings is 2. The number of rotatable bonds is 7. The molecular formula is C23H26N4O4S. The van der Waals surface area contributed by atoms with Crippen molar-refractivity contribution < 1.29 is 17.9 Å². The number of nitriles is 1. The summed E-state index contributed by atoms with van der Waals surface area (Å²) in [7, 11) is -2.04. The molecule has 0 saturated carbocycles. The van der Waals surface area contributed by atoms with Gasteiger partial charge in [0, 0.05) is 25.7 Å². The smallest absolute Gasteiger partial charge is 0.284 e. The van der Waals surface area contributed by atoms with Crippen LogP contribution in [0.5, 0.6) is 5.75 Å². The Balaban J connectivity index is 1.63. The zero-order chi connectivity index (χ0) is 23.0. The van der Waals surface area contributed by atoms with Gasteiger partial charge in [0.1, 0.15) is 11.6 Å². The summed E-state index contributed by atoms with van der Waals surface area (Å²) in [4.78, 5) is 14.2. The molecule has 9 heteroatoms. The molecule has 8 nitrogen and oxygen atoms in total. The van der Waals surface area contributed by atoms with Gasteiger partial charge in [-0.15, -0.1) is 4.40 Å². The van der Waals surface area contributed by atoms with Crippen molar-refractivity contribution in [2.45, 2.75) is 37.0 Å². The van der Waals surface area contributed by atoms with Crippen LogP contribution in [0.1, 0.15) is 31.2 Å². The summed E-state index contributed by atoms with van der Waals surface area (Å²) in [6, 6.07) is 15.0. The van der Waals surface area contributed by atoms with Gasteiger partial charge in [0.15, 0.2) is 6.61 Å². The summed E-state index contributed by atoms with van der Waals surface area (Å²) in [6.07, 6.45) is 3.92. The number of ether oxygens (including phenoxy) is 1. The van der Waals surface area contributed by atoms with E-state index in [2.05, 4.69) is 15.8 Å². The normalized spacial score (nSPS) is 15.6. The molecule has 0 atom stereocenters. The molecule has 1 fully saturated rings. The molecule has 168 valence electrons. The first-order valence-corrected chi connectivity index (χ1v) is 11.8. The highest BCUT2D eigenvalue weighted by atomic mass is 32.2. The highest BCUT2D eigenvalue weighted by Crippen LogP contribution is 2.20. The monoisotopic (exact) mass is 454 g/mol. The van der Waals surface area contributed by atoms with Crippen molar-refractivity contribution in [1.29, 1.82) is 5.26 Å². The van der Waals surface area contributed by atoms with Crippen molar-refractivity contribution in [3.8, 4) is 11.8 Å². The summed E-state index contributed by atoms with van der Waals surface area (Å²) >= 11 is 0. The fourth-order valence-electron chi connectivity index (χ4n) is 3.31. The Labute approximate surface area is 188 Å². The summed E-state index contributed by atoms with van der Waals surface area (Å²) in [5.41, 5.74) is 1.21. The minimum absolute atomic E-state index is 0.0226. The quantitative estimate of drug-likeness (QED) is 0.687.